The maximum atomic E-state index is 13.5. The zero-order valence-corrected chi connectivity index (χ0v) is 27.3. The van der Waals surface area contributed by atoms with Crippen LogP contribution in [0.2, 0.25) is 0 Å². The summed E-state index contributed by atoms with van der Waals surface area (Å²) >= 11 is 0. The number of aliphatic carboxylic acids is 1. The van der Waals surface area contributed by atoms with Crippen LogP contribution in [-0.2, 0) is 33.4 Å². The number of carbonyl (C=O) groups is 5. The molecule has 0 spiro atoms. The minimum atomic E-state index is -1.58. The van der Waals surface area contributed by atoms with Gasteiger partial charge in [-0.05, 0) is 107 Å². The normalized spacial score (nSPS) is 37.7. The van der Waals surface area contributed by atoms with Crippen molar-refractivity contribution >= 4 is 29.4 Å². The fourth-order valence-electron chi connectivity index (χ4n) is 10.0. The third-order valence-electron chi connectivity index (χ3n) is 12.5. The molecule has 1 aliphatic heterocycles. The van der Waals surface area contributed by atoms with Crippen molar-refractivity contribution in [3.8, 4) is 0 Å². The minimum absolute atomic E-state index is 0.000254. The van der Waals surface area contributed by atoms with Gasteiger partial charge >= 0.3 is 11.9 Å². The molecule has 0 unspecified atom stereocenters. The van der Waals surface area contributed by atoms with E-state index in [9.17, 15) is 34.2 Å². The maximum Gasteiger partial charge on any atom is 0.306 e. The second-order valence-electron chi connectivity index (χ2n) is 15.5. The lowest BCUT2D eigenvalue weighted by Gasteiger charge is -2.58. The lowest BCUT2D eigenvalue weighted by molar-refractivity contribution is -0.170. The highest BCUT2D eigenvalue weighted by Gasteiger charge is 2.66. The molecule has 3 N–H and O–H groups in total. The number of ketones is 2. The predicted octanol–water partition coefficient (Wildman–Crippen LogP) is 4.31. The molecule has 10 heteroatoms. The second kappa shape index (κ2) is 12.5. The monoisotopic (exact) mass is 629 g/mol. The number of carbonyl (C=O) groups excluding carboxylic acids is 4. The molecular formula is C35H51NO9. The van der Waals surface area contributed by atoms with E-state index in [-0.39, 0.29) is 42.3 Å². The summed E-state index contributed by atoms with van der Waals surface area (Å²) in [7, 11) is 0. The first kappa shape index (κ1) is 33.8. The van der Waals surface area contributed by atoms with Crippen LogP contribution in [0.4, 0.5) is 0 Å². The van der Waals surface area contributed by atoms with E-state index in [1.807, 2.05) is 26.8 Å². The zero-order valence-electron chi connectivity index (χ0n) is 27.3. The molecule has 3 saturated carbocycles. The number of esters is 1. The highest BCUT2D eigenvalue weighted by Crippen LogP contribution is 2.67. The number of carboxylic acids is 1. The Morgan fingerprint density at radius 3 is 2.44 bits per heavy atom. The Morgan fingerprint density at radius 1 is 1.00 bits per heavy atom. The molecule has 4 fully saturated rings. The van der Waals surface area contributed by atoms with E-state index in [1.54, 1.807) is 0 Å². The molecule has 5 aliphatic rings. The van der Waals surface area contributed by atoms with Gasteiger partial charge in [-0.15, -0.1) is 0 Å². The smallest absolute Gasteiger partial charge is 0.306 e. The number of hydrogen-bond acceptors (Lipinski definition) is 8. The number of fused-ring (bicyclic) bond motifs is 5. The Hall–Kier alpha value is -2.59. The molecular weight excluding hydrogens is 578 g/mol. The van der Waals surface area contributed by atoms with Gasteiger partial charge in [0.05, 0.1) is 18.4 Å². The van der Waals surface area contributed by atoms with Gasteiger partial charge in [0.1, 0.15) is 5.60 Å². The van der Waals surface area contributed by atoms with Crippen LogP contribution in [0.25, 0.3) is 0 Å². The highest BCUT2D eigenvalue weighted by molar-refractivity contribution is 5.92. The van der Waals surface area contributed by atoms with E-state index in [2.05, 4.69) is 12.2 Å². The standard InChI is InChI=1S/C35H51NO9/c1-32(2)19-21(12-16-45-32)27(18-30(40)41)36-29(39)7-8-31(42)44-20-28(38)35(43)15-11-26-24-6-5-22-17-23(37)9-13-33(22,3)25(24)10-14-34(26,35)4/h17,21,24-27,43H,5-16,18-20H2,1-4H3,(H,36,39)(H,40,41)/t21-,24+,25-,26-,27-,33-,34-,35-/m0/s1. The molecule has 8 atom stereocenters. The Kier molecular flexibility index (Phi) is 9.41. The number of allylic oxidation sites excluding steroid dienone is 1. The predicted molar refractivity (Wildman–Crippen MR) is 164 cm³/mol. The summed E-state index contributed by atoms with van der Waals surface area (Å²) in [6.07, 6.45) is 8.41. The van der Waals surface area contributed by atoms with Crippen LogP contribution in [0, 0.1) is 34.5 Å². The zero-order chi connectivity index (χ0) is 32.8. The summed E-state index contributed by atoms with van der Waals surface area (Å²) in [4.78, 5) is 62.4. The van der Waals surface area contributed by atoms with E-state index in [0.717, 1.165) is 32.1 Å². The number of hydrogen-bond donors (Lipinski definition) is 3. The van der Waals surface area contributed by atoms with E-state index in [0.29, 0.717) is 50.5 Å². The Balaban J connectivity index is 1.13. The number of amides is 1. The number of carboxylic acid groups (broad SMARTS) is 1. The Bertz CT molecular complexity index is 1260. The summed E-state index contributed by atoms with van der Waals surface area (Å²) < 4.78 is 11.0. The van der Waals surface area contributed by atoms with E-state index in [4.69, 9.17) is 9.47 Å². The maximum absolute atomic E-state index is 13.5. The van der Waals surface area contributed by atoms with Gasteiger partial charge in [-0.25, -0.2) is 0 Å². The van der Waals surface area contributed by atoms with Crippen LogP contribution < -0.4 is 5.32 Å². The molecule has 1 saturated heterocycles. The average molecular weight is 630 g/mol. The number of rotatable bonds is 10. The van der Waals surface area contributed by atoms with Crippen molar-refractivity contribution in [2.24, 2.45) is 34.5 Å². The van der Waals surface area contributed by atoms with Crippen molar-refractivity contribution in [2.45, 2.75) is 128 Å². The third-order valence-corrected chi connectivity index (χ3v) is 12.5. The van der Waals surface area contributed by atoms with Crippen LogP contribution in [0.1, 0.15) is 111 Å². The van der Waals surface area contributed by atoms with Gasteiger partial charge in [-0.3, -0.25) is 24.0 Å². The van der Waals surface area contributed by atoms with Gasteiger partial charge < -0.3 is 25.0 Å². The van der Waals surface area contributed by atoms with E-state index < -0.39 is 52.9 Å². The quantitative estimate of drug-likeness (QED) is 0.300. The van der Waals surface area contributed by atoms with E-state index in [1.165, 1.54) is 5.57 Å². The molecule has 0 aromatic rings. The van der Waals surface area contributed by atoms with Crippen molar-refractivity contribution in [3.63, 3.8) is 0 Å². The third kappa shape index (κ3) is 6.51. The van der Waals surface area contributed by atoms with Crippen molar-refractivity contribution in [1.29, 1.82) is 0 Å². The Labute approximate surface area is 266 Å². The first-order chi connectivity index (χ1) is 21.1. The first-order valence-corrected chi connectivity index (χ1v) is 16.9. The van der Waals surface area contributed by atoms with Crippen molar-refractivity contribution < 1.29 is 43.7 Å². The molecule has 0 aromatic heterocycles. The molecule has 250 valence electrons. The molecule has 4 aliphatic carbocycles. The van der Waals surface area contributed by atoms with Gasteiger partial charge in [0.25, 0.3) is 0 Å². The molecule has 45 heavy (non-hydrogen) atoms. The summed E-state index contributed by atoms with van der Waals surface area (Å²) in [6, 6.07) is -0.578. The van der Waals surface area contributed by atoms with Gasteiger partial charge in [0, 0.05) is 30.9 Å². The van der Waals surface area contributed by atoms with Gasteiger partial charge in [-0.1, -0.05) is 19.4 Å². The lowest BCUT2D eigenvalue weighted by atomic mass is 9.46. The molecule has 0 bridgehead atoms. The summed E-state index contributed by atoms with van der Waals surface area (Å²) in [6.45, 7) is 8.14. The van der Waals surface area contributed by atoms with Crippen LogP contribution in [0.3, 0.4) is 0 Å². The molecule has 1 heterocycles. The summed E-state index contributed by atoms with van der Waals surface area (Å²) in [5.74, 6) is -1.51. The highest BCUT2D eigenvalue weighted by atomic mass is 16.5. The molecule has 0 radical (unpaired) electrons. The summed E-state index contributed by atoms with van der Waals surface area (Å²) in [5, 5.41) is 24.1. The minimum Gasteiger partial charge on any atom is -0.481 e. The summed E-state index contributed by atoms with van der Waals surface area (Å²) in [5.41, 5.74) is -1.33. The van der Waals surface area contributed by atoms with Crippen LogP contribution >= 0.6 is 0 Å². The largest absolute Gasteiger partial charge is 0.481 e. The van der Waals surface area contributed by atoms with Crippen LogP contribution in [-0.4, -0.2) is 70.1 Å². The number of nitrogens with one attached hydrogen (secondary N) is 1. The van der Waals surface area contributed by atoms with Crippen LogP contribution in [0.15, 0.2) is 11.6 Å². The number of ether oxygens (including phenoxy) is 2. The Morgan fingerprint density at radius 2 is 1.73 bits per heavy atom. The van der Waals surface area contributed by atoms with Crippen molar-refractivity contribution in [1.82, 2.24) is 5.32 Å². The van der Waals surface area contributed by atoms with E-state index >= 15 is 0 Å². The van der Waals surface area contributed by atoms with Gasteiger partial charge in [0.15, 0.2) is 12.4 Å². The van der Waals surface area contributed by atoms with Crippen molar-refractivity contribution in [2.75, 3.05) is 13.2 Å². The van der Waals surface area contributed by atoms with Gasteiger partial charge in [-0.2, -0.15) is 0 Å². The van der Waals surface area contributed by atoms with Crippen molar-refractivity contribution in [3.05, 3.63) is 11.6 Å². The molecule has 5 rings (SSSR count). The van der Waals surface area contributed by atoms with Gasteiger partial charge in [0.2, 0.25) is 11.7 Å². The number of Topliss-reactive ketones (excluding diaryl/α,β-unsaturated/α-hetero) is 1. The molecule has 0 aromatic carbocycles. The average Bonchev–Trinajstić information content (AvgIpc) is 3.25. The lowest BCUT2D eigenvalue weighted by Crippen LogP contribution is -2.58. The SMILES string of the molecule is CC1(C)C[C@@H]([C@H](CC(=O)O)NC(=O)CCC(=O)OCC(=O)[C@@]2(O)CC[C@H]3[C@@H]4CCC5=CC(=O)CC[C@]5(C)[C@H]4CC[C@@]32C)CCO1. The fraction of sp³-hybridized carbons (Fsp3) is 0.800. The number of aliphatic hydroxyl groups is 1. The second-order valence-corrected chi connectivity index (χ2v) is 15.5. The molecule has 1 amide bonds. The first-order valence-electron chi connectivity index (χ1n) is 16.9. The fourth-order valence-corrected chi connectivity index (χ4v) is 10.0. The van der Waals surface area contributed by atoms with Crippen LogP contribution in [0.5, 0.6) is 0 Å². The topological polar surface area (TPSA) is 156 Å². The molecule has 10 nitrogen and oxygen atoms in total.